The summed E-state index contributed by atoms with van der Waals surface area (Å²) in [6.07, 6.45) is 14.4. The van der Waals surface area contributed by atoms with Crippen LogP contribution in [0.1, 0.15) is 98.6 Å². The number of pyridine rings is 1. The second kappa shape index (κ2) is 14.3. The summed E-state index contributed by atoms with van der Waals surface area (Å²) in [4.78, 5) is 17.1. The molecule has 0 fully saturated rings. The van der Waals surface area contributed by atoms with Crippen LogP contribution in [0.4, 0.5) is 0 Å². The third kappa shape index (κ3) is 11.4. The molecule has 1 aromatic rings. The van der Waals surface area contributed by atoms with Crippen LogP contribution in [-0.2, 0) is 4.79 Å². The van der Waals surface area contributed by atoms with Crippen molar-refractivity contribution in [2.24, 2.45) is 17.3 Å². The molecule has 1 heterocycles. The molecule has 31 heavy (non-hydrogen) atoms. The van der Waals surface area contributed by atoms with E-state index < -0.39 is 0 Å². The van der Waals surface area contributed by atoms with E-state index >= 15 is 0 Å². The second-order valence-electron chi connectivity index (χ2n) is 10.0. The maximum atomic E-state index is 12.8. The highest BCUT2D eigenvalue weighted by Gasteiger charge is 2.31. The van der Waals surface area contributed by atoms with Crippen molar-refractivity contribution < 1.29 is 9.90 Å². The van der Waals surface area contributed by atoms with Gasteiger partial charge in [0.15, 0.2) is 0 Å². The highest BCUT2D eigenvalue weighted by atomic mass is 16.3. The van der Waals surface area contributed by atoms with Gasteiger partial charge in [-0.2, -0.15) is 0 Å². The summed E-state index contributed by atoms with van der Waals surface area (Å²) in [5, 5.41) is 9.06. The zero-order valence-electron chi connectivity index (χ0n) is 20.8. The molecule has 174 valence electrons. The zero-order valence-corrected chi connectivity index (χ0v) is 20.8. The van der Waals surface area contributed by atoms with Crippen LogP contribution in [0.3, 0.4) is 0 Å². The number of nitrogens with zero attached hydrogens (tertiary/aromatic N) is 1. The van der Waals surface area contributed by atoms with E-state index in [2.05, 4.69) is 44.8 Å². The first-order valence-electron chi connectivity index (χ1n) is 12.0. The summed E-state index contributed by atoms with van der Waals surface area (Å²) in [6.45, 7) is 13.0. The number of hydrogen-bond donors (Lipinski definition) is 1. The lowest BCUT2D eigenvalue weighted by Gasteiger charge is -2.27. The fourth-order valence-electron chi connectivity index (χ4n) is 4.30. The predicted octanol–water partition coefficient (Wildman–Crippen LogP) is 7.41. The van der Waals surface area contributed by atoms with Crippen molar-refractivity contribution in [2.75, 3.05) is 6.61 Å². The molecule has 0 amide bonds. The van der Waals surface area contributed by atoms with E-state index in [0.717, 1.165) is 37.8 Å². The van der Waals surface area contributed by atoms with Crippen LogP contribution in [0.25, 0.3) is 6.08 Å². The average Bonchev–Trinajstić information content (AvgIpc) is 2.72. The minimum atomic E-state index is -0.329. The first kappa shape index (κ1) is 27.3. The smallest absolute Gasteiger partial charge is 0.141 e. The molecule has 0 aliphatic heterocycles. The van der Waals surface area contributed by atoms with Crippen LogP contribution >= 0.6 is 0 Å². The van der Waals surface area contributed by atoms with Crippen LogP contribution < -0.4 is 0 Å². The Kier molecular flexibility index (Phi) is 12.6. The van der Waals surface area contributed by atoms with Crippen molar-refractivity contribution in [3.05, 3.63) is 47.3 Å². The number of aromatic nitrogens is 1. The Hall–Kier alpha value is -1.74. The van der Waals surface area contributed by atoms with Crippen molar-refractivity contribution >= 4 is 11.9 Å². The second-order valence-corrected chi connectivity index (χ2v) is 10.0. The number of ketones is 1. The molecule has 0 saturated carbocycles. The first-order chi connectivity index (χ1) is 14.7. The van der Waals surface area contributed by atoms with E-state index in [4.69, 9.17) is 5.11 Å². The third-order valence-corrected chi connectivity index (χ3v) is 6.21. The number of aliphatic hydroxyl groups excluding tert-OH is 1. The summed E-state index contributed by atoms with van der Waals surface area (Å²) < 4.78 is 0. The molecule has 0 radical (unpaired) electrons. The van der Waals surface area contributed by atoms with Gasteiger partial charge in [-0.25, -0.2) is 0 Å². The molecule has 0 aliphatic rings. The van der Waals surface area contributed by atoms with Crippen LogP contribution in [0, 0.1) is 17.3 Å². The monoisotopic (exact) mass is 427 g/mol. The lowest BCUT2D eigenvalue weighted by atomic mass is 9.76. The van der Waals surface area contributed by atoms with Gasteiger partial charge in [-0.05, 0) is 82.9 Å². The van der Waals surface area contributed by atoms with Crippen molar-refractivity contribution in [3.8, 4) is 0 Å². The molecule has 1 aromatic heterocycles. The number of hydrogen-bond acceptors (Lipinski definition) is 3. The van der Waals surface area contributed by atoms with Gasteiger partial charge in [0.05, 0.1) is 5.69 Å². The Morgan fingerprint density at radius 2 is 1.87 bits per heavy atom. The van der Waals surface area contributed by atoms with E-state index in [-0.39, 0.29) is 17.9 Å². The Labute approximate surface area is 191 Å². The number of carbonyl (C=O) groups excluding carboxylic acids is 1. The quantitative estimate of drug-likeness (QED) is 0.296. The number of allylic oxidation sites excluding steroid dienone is 3. The van der Waals surface area contributed by atoms with Gasteiger partial charge < -0.3 is 5.11 Å². The standard InChI is InChI=1S/C28H45NO2/c1-22(13-10-15-24(3)21-26-16-7-8-18-29-26)12-9-14-23(2)20-25(4)27(31)28(5,6)17-11-19-30/h7-8,13,16,18,21,23,25,30H,9-12,14-15,17,19-20H2,1-6H3/b22-13+,24-21+. The number of aliphatic hydroxyl groups is 1. The van der Waals surface area contributed by atoms with Gasteiger partial charge in [0, 0.05) is 24.1 Å². The van der Waals surface area contributed by atoms with E-state index in [9.17, 15) is 4.79 Å². The van der Waals surface area contributed by atoms with Crippen molar-refractivity contribution in [1.82, 2.24) is 4.98 Å². The van der Waals surface area contributed by atoms with Crippen molar-refractivity contribution in [3.63, 3.8) is 0 Å². The molecule has 0 saturated heterocycles. The maximum absolute atomic E-state index is 12.8. The van der Waals surface area contributed by atoms with Crippen LogP contribution in [-0.4, -0.2) is 22.5 Å². The van der Waals surface area contributed by atoms with Crippen LogP contribution in [0.2, 0.25) is 0 Å². The molecule has 1 N–H and O–H groups in total. The van der Waals surface area contributed by atoms with E-state index in [1.54, 1.807) is 0 Å². The first-order valence-corrected chi connectivity index (χ1v) is 12.0. The highest BCUT2D eigenvalue weighted by molar-refractivity contribution is 5.86. The van der Waals surface area contributed by atoms with Gasteiger partial charge in [0.1, 0.15) is 5.78 Å². The van der Waals surface area contributed by atoms with Crippen molar-refractivity contribution in [2.45, 2.75) is 92.9 Å². The highest BCUT2D eigenvalue weighted by Crippen LogP contribution is 2.30. The molecule has 2 atom stereocenters. The Morgan fingerprint density at radius 3 is 2.52 bits per heavy atom. The molecular formula is C28H45NO2. The summed E-state index contributed by atoms with van der Waals surface area (Å²) in [5.74, 6) is 0.996. The molecule has 2 unspecified atom stereocenters. The van der Waals surface area contributed by atoms with Gasteiger partial charge in [0.2, 0.25) is 0 Å². The number of Topliss-reactive ketones (excluding diaryl/α,β-unsaturated/α-hetero) is 1. The topological polar surface area (TPSA) is 50.2 Å². The SMILES string of the molecule is C/C(=C\c1ccccn1)CC/C=C(\C)CCCC(C)CC(C)C(=O)C(C)(C)CCCO. The van der Waals surface area contributed by atoms with E-state index in [0.29, 0.717) is 18.1 Å². The molecule has 3 heteroatoms. The molecule has 0 aliphatic carbocycles. The molecule has 0 bridgehead atoms. The minimum Gasteiger partial charge on any atom is -0.396 e. The summed E-state index contributed by atoms with van der Waals surface area (Å²) in [7, 11) is 0. The van der Waals surface area contributed by atoms with Gasteiger partial charge in [-0.1, -0.05) is 57.4 Å². The van der Waals surface area contributed by atoms with Gasteiger partial charge >= 0.3 is 0 Å². The van der Waals surface area contributed by atoms with Gasteiger partial charge in [-0.3, -0.25) is 9.78 Å². The minimum absolute atomic E-state index is 0.0919. The van der Waals surface area contributed by atoms with E-state index in [1.165, 1.54) is 24.0 Å². The molecule has 0 aromatic carbocycles. The molecule has 3 nitrogen and oxygen atoms in total. The number of rotatable bonds is 15. The Bertz CT molecular complexity index is 703. The number of carbonyl (C=O) groups is 1. The lowest BCUT2D eigenvalue weighted by Crippen LogP contribution is -2.30. The third-order valence-electron chi connectivity index (χ3n) is 6.21. The van der Waals surface area contributed by atoms with Crippen LogP contribution in [0.15, 0.2) is 41.6 Å². The predicted molar refractivity (Wildman–Crippen MR) is 133 cm³/mol. The maximum Gasteiger partial charge on any atom is 0.141 e. The average molecular weight is 428 g/mol. The van der Waals surface area contributed by atoms with Gasteiger partial charge in [0.25, 0.3) is 0 Å². The molecular weight excluding hydrogens is 382 g/mol. The summed E-state index contributed by atoms with van der Waals surface area (Å²) >= 11 is 0. The van der Waals surface area contributed by atoms with Crippen LogP contribution in [0.5, 0.6) is 0 Å². The fraction of sp³-hybridized carbons (Fsp3) is 0.643. The lowest BCUT2D eigenvalue weighted by molar-refractivity contribution is -0.131. The Morgan fingerprint density at radius 1 is 1.13 bits per heavy atom. The fourth-order valence-corrected chi connectivity index (χ4v) is 4.30. The largest absolute Gasteiger partial charge is 0.396 e. The summed E-state index contributed by atoms with van der Waals surface area (Å²) in [5.41, 5.74) is 3.52. The molecule has 0 spiro atoms. The summed E-state index contributed by atoms with van der Waals surface area (Å²) in [6, 6.07) is 6.00. The normalized spacial score (nSPS) is 15.1. The van der Waals surface area contributed by atoms with Gasteiger partial charge in [-0.15, -0.1) is 0 Å². The zero-order chi connectivity index (χ0) is 23.3. The van der Waals surface area contributed by atoms with E-state index in [1.807, 2.05) is 38.2 Å². The Balaban J connectivity index is 2.31. The van der Waals surface area contributed by atoms with Crippen molar-refractivity contribution in [1.29, 1.82) is 0 Å². The molecule has 1 rings (SSSR count).